The number of carbonyl (C=O) groups excluding carboxylic acids is 1. The van der Waals surface area contributed by atoms with Crippen molar-refractivity contribution in [3.8, 4) is 11.5 Å². The lowest BCUT2D eigenvalue weighted by Gasteiger charge is -2.12. The number of methoxy groups -OCH3 is 3. The Hall–Kier alpha value is -2.80. The highest BCUT2D eigenvalue weighted by Crippen LogP contribution is 2.31. The number of nitrogens with zero attached hydrogens (tertiary/aromatic N) is 1. The Morgan fingerprint density at radius 1 is 1.04 bits per heavy atom. The molecule has 2 rings (SSSR count). The van der Waals surface area contributed by atoms with Crippen molar-refractivity contribution in [2.45, 2.75) is 6.42 Å². The molecule has 0 fully saturated rings. The maximum Gasteiger partial charge on any atom is 0.269 e. The second-order valence-electron chi connectivity index (χ2n) is 5.23. The van der Waals surface area contributed by atoms with Crippen molar-refractivity contribution >= 4 is 17.3 Å². The van der Waals surface area contributed by atoms with E-state index in [0.717, 1.165) is 17.8 Å². The largest absolute Gasteiger partial charge is 0.493 e. The number of nitrogens with one attached hydrogen (secondary N) is 2. The molecule has 0 atom stereocenters. The third-order valence-corrected chi connectivity index (χ3v) is 3.48. The van der Waals surface area contributed by atoms with Crippen molar-refractivity contribution in [1.29, 1.82) is 0 Å². The standard InChI is InChI=1S/C18H23N3O4/c1-23-10-4-8-20-18(22)15-11-14(7-9-19-15)21-13-5-6-16(24-2)17(12-13)25-3/h5-7,9,11-12H,4,8,10H2,1-3H3,(H,19,21)(H,20,22). The highest BCUT2D eigenvalue weighted by atomic mass is 16.5. The van der Waals surface area contributed by atoms with Gasteiger partial charge in [-0.25, -0.2) is 0 Å². The van der Waals surface area contributed by atoms with E-state index in [9.17, 15) is 4.79 Å². The summed E-state index contributed by atoms with van der Waals surface area (Å²) in [6, 6.07) is 8.99. The molecule has 0 saturated carbocycles. The smallest absolute Gasteiger partial charge is 0.269 e. The van der Waals surface area contributed by atoms with Gasteiger partial charge in [0.2, 0.25) is 0 Å². The van der Waals surface area contributed by atoms with E-state index < -0.39 is 0 Å². The minimum absolute atomic E-state index is 0.216. The predicted molar refractivity (Wildman–Crippen MR) is 95.9 cm³/mol. The SMILES string of the molecule is COCCCNC(=O)c1cc(Nc2ccc(OC)c(OC)c2)ccn1. The second kappa shape index (κ2) is 9.48. The van der Waals surface area contributed by atoms with Gasteiger partial charge in [0.25, 0.3) is 5.91 Å². The van der Waals surface area contributed by atoms with Crippen molar-refractivity contribution in [2.75, 3.05) is 39.8 Å². The molecule has 0 unspecified atom stereocenters. The maximum atomic E-state index is 12.1. The monoisotopic (exact) mass is 345 g/mol. The Morgan fingerprint density at radius 2 is 1.80 bits per heavy atom. The summed E-state index contributed by atoms with van der Waals surface area (Å²) >= 11 is 0. The zero-order chi connectivity index (χ0) is 18.1. The molecular formula is C18H23N3O4. The lowest BCUT2D eigenvalue weighted by Crippen LogP contribution is -2.26. The van der Waals surface area contributed by atoms with Gasteiger partial charge in [-0.1, -0.05) is 0 Å². The number of hydrogen-bond donors (Lipinski definition) is 2. The van der Waals surface area contributed by atoms with Gasteiger partial charge in [0.1, 0.15) is 5.69 Å². The first kappa shape index (κ1) is 18.5. The number of pyridine rings is 1. The minimum atomic E-state index is -0.216. The van der Waals surface area contributed by atoms with Crippen LogP contribution in [0.25, 0.3) is 0 Å². The average Bonchev–Trinajstić information content (AvgIpc) is 2.65. The van der Waals surface area contributed by atoms with Crippen LogP contribution in [0.15, 0.2) is 36.5 Å². The Bertz CT molecular complexity index is 706. The first-order valence-corrected chi connectivity index (χ1v) is 7.90. The molecular weight excluding hydrogens is 322 g/mol. The van der Waals surface area contributed by atoms with E-state index in [1.807, 2.05) is 18.2 Å². The molecule has 0 aliphatic rings. The van der Waals surface area contributed by atoms with Crippen molar-refractivity contribution in [2.24, 2.45) is 0 Å². The summed E-state index contributed by atoms with van der Waals surface area (Å²) in [6.45, 7) is 1.15. The Labute approximate surface area is 147 Å². The van der Waals surface area contributed by atoms with Gasteiger partial charge < -0.3 is 24.8 Å². The Kier molecular flexibility index (Phi) is 7.03. The molecule has 2 N–H and O–H groups in total. The van der Waals surface area contributed by atoms with Crippen LogP contribution in [0.4, 0.5) is 11.4 Å². The predicted octanol–water partition coefficient (Wildman–Crippen LogP) is 2.61. The molecule has 2 aromatic rings. The summed E-state index contributed by atoms with van der Waals surface area (Å²) in [4.78, 5) is 16.2. The van der Waals surface area contributed by atoms with Crippen molar-refractivity contribution in [3.05, 3.63) is 42.2 Å². The van der Waals surface area contributed by atoms with Crippen LogP contribution in [0.1, 0.15) is 16.9 Å². The van der Waals surface area contributed by atoms with Crippen molar-refractivity contribution < 1.29 is 19.0 Å². The third-order valence-electron chi connectivity index (χ3n) is 3.48. The summed E-state index contributed by atoms with van der Waals surface area (Å²) in [5, 5.41) is 6.04. The van der Waals surface area contributed by atoms with E-state index in [0.29, 0.717) is 30.3 Å². The van der Waals surface area contributed by atoms with Gasteiger partial charge in [-0.05, 0) is 30.7 Å². The molecule has 1 aromatic carbocycles. The van der Waals surface area contributed by atoms with Crippen LogP contribution in [0.5, 0.6) is 11.5 Å². The van der Waals surface area contributed by atoms with Crippen molar-refractivity contribution in [1.82, 2.24) is 10.3 Å². The molecule has 0 radical (unpaired) electrons. The van der Waals surface area contributed by atoms with Crippen LogP contribution >= 0.6 is 0 Å². The van der Waals surface area contributed by atoms with Crippen LogP contribution in [0, 0.1) is 0 Å². The summed E-state index contributed by atoms with van der Waals surface area (Å²) in [5.41, 5.74) is 1.92. The van der Waals surface area contributed by atoms with E-state index in [4.69, 9.17) is 14.2 Å². The van der Waals surface area contributed by atoms with E-state index >= 15 is 0 Å². The maximum absolute atomic E-state index is 12.1. The molecule has 7 nitrogen and oxygen atoms in total. The Balaban J connectivity index is 2.05. The number of aromatic nitrogens is 1. The van der Waals surface area contributed by atoms with Gasteiger partial charge in [0, 0.05) is 43.9 Å². The highest BCUT2D eigenvalue weighted by molar-refractivity contribution is 5.93. The first-order valence-electron chi connectivity index (χ1n) is 7.90. The molecule has 0 saturated heterocycles. The molecule has 0 aliphatic carbocycles. The van der Waals surface area contributed by atoms with Crippen LogP contribution in [0.3, 0.4) is 0 Å². The average molecular weight is 345 g/mol. The van der Waals surface area contributed by atoms with Gasteiger partial charge in [0.05, 0.1) is 14.2 Å². The van der Waals surface area contributed by atoms with Gasteiger partial charge >= 0.3 is 0 Å². The third kappa shape index (κ3) is 5.36. The lowest BCUT2D eigenvalue weighted by molar-refractivity contribution is 0.0943. The zero-order valence-corrected chi connectivity index (χ0v) is 14.7. The number of hydrogen-bond acceptors (Lipinski definition) is 6. The molecule has 134 valence electrons. The summed E-state index contributed by atoms with van der Waals surface area (Å²) in [6.07, 6.45) is 2.35. The van der Waals surface area contributed by atoms with E-state index in [1.165, 1.54) is 0 Å². The highest BCUT2D eigenvalue weighted by Gasteiger charge is 2.09. The summed E-state index contributed by atoms with van der Waals surface area (Å²) in [7, 11) is 4.80. The lowest BCUT2D eigenvalue weighted by atomic mass is 10.2. The topological polar surface area (TPSA) is 81.7 Å². The fourth-order valence-corrected chi connectivity index (χ4v) is 2.22. The zero-order valence-electron chi connectivity index (χ0n) is 14.7. The summed E-state index contributed by atoms with van der Waals surface area (Å²) in [5.74, 6) is 1.06. The fourth-order valence-electron chi connectivity index (χ4n) is 2.22. The fraction of sp³-hybridized carbons (Fsp3) is 0.333. The van der Waals surface area contributed by atoms with Gasteiger partial charge in [-0.3, -0.25) is 9.78 Å². The van der Waals surface area contributed by atoms with Crippen molar-refractivity contribution in [3.63, 3.8) is 0 Å². The number of anilines is 2. The molecule has 0 spiro atoms. The molecule has 0 bridgehead atoms. The van der Waals surface area contributed by atoms with Crippen LogP contribution in [0.2, 0.25) is 0 Å². The van der Waals surface area contributed by atoms with Crippen LogP contribution in [-0.4, -0.2) is 45.4 Å². The van der Waals surface area contributed by atoms with Crippen LogP contribution < -0.4 is 20.1 Å². The molecule has 1 heterocycles. The van der Waals surface area contributed by atoms with E-state index in [-0.39, 0.29) is 5.91 Å². The van der Waals surface area contributed by atoms with Gasteiger partial charge in [0.15, 0.2) is 11.5 Å². The summed E-state index contributed by atoms with van der Waals surface area (Å²) < 4.78 is 15.5. The Morgan fingerprint density at radius 3 is 2.52 bits per heavy atom. The van der Waals surface area contributed by atoms with E-state index in [2.05, 4.69) is 15.6 Å². The normalized spacial score (nSPS) is 10.2. The van der Waals surface area contributed by atoms with Gasteiger partial charge in [-0.15, -0.1) is 0 Å². The minimum Gasteiger partial charge on any atom is -0.493 e. The van der Waals surface area contributed by atoms with Crippen LogP contribution in [-0.2, 0) is 4.74 Å². The number of carbonyl (C=O) groups is 1. The molecule has 1 aromatic heterocycles. The first-order chi connectivity index (χ1) is 12.2. The molecule has 7 heteroatoms. The number of benzene rings is 1. The van der Waals surface area contributed by atoms with Gasteiger partial charge in [-0.2, -0.15) is 0 Å². The molecule has 1 amide bonds. The van der Waals surface area contributed by atoms with E-state index in [1.54, 1.807) is 39.7 Å². The number of rotatable bonds is 9. The molecule has 25 heavy (non-hydrogen) atoms. The number of ether oxygens (including phenoxy) is 3. The second-order valence-corrected chi connectivity index (χ2v) is 5.23. The quantitative estimate of drug-likeness (QED) is 0.680. The number of amides is 1. The molecule has 0 aliphatic heterocycles.